The Bertz CT molecular complexity index is 1270. The van der Waals surface area contributed by atoms with Crippen LogP contribution in [0.5, 0.6) is 5.75 Å². The SMILES string of the molecule is Cc1cn(Cc2cccc(Nc3nccc(-c4ccc(OC5CCOCC5)c(N)c4)n3)c2)cn1. The van der Waals surface area contributed by atoms with E-state index < -0.39 is 0 Å². The number of nitrogens with zero attached hydrogens (tertiary/aromatic N) is 4. The molecule has 0 bridgehead atoms. The Kier molecular flexibility index (Phi) is 6.40. The van der Waals surface area contributed by atoms with Gasteiger partial charge in [-0.3, -0.25) is 0 Å². The Hall–Kier alpha value is -3.91. The van der Waals surface area contributed by atoms with Gasteiger partial charge in [-0.05, 0) is 48.9 Å². The van der Waals surface area contributed by atoms with Gasteiger partial charge < -0.3 is 25.1 Å². The van der Waals surface area contributed by atoms with Crippen LogP contribution in [-0.2, 0) is 11.3 Å². The quantitative estimate of drug-likeness (QED) is 0.393. The number of aromatic nitrogens is 4. The number of rotatable bonds is 7. The van der Waals surface area contributed by atoms with Crippen LogP contribution >= 0.6 is 0 Å². The van der Waals surface area contributed by atoms with Crippen LogP contribution in [0.1, 0.15) is 24.1 Å². The van der Waals surface area contributed by atoms with Crippen molar-refractivity contribution >= 4 is 17.3 Å². The molecule has 3 N–H and O–H groups in total. The predicted molar refractivity (Wildman–Crippen MR) is 132 cm³/mol. The van der Waals surface area contributed by atoms with Gasteiger partial charge in [0.1, 0.15) is 11.9 Å². The van der Waals surface area contributed by atoms with Crippen molar-refractivity contribution in [1.82, 2.24) is 19.5 Å². The smallest absolute Gasteiger partial charge is 0.227 e. The van der Waals surface area contributed by atoms with Gasteiger partial charge in [0.05, 0.1) is 36.6 Å². The summed E-state index contributed by atoms with van der Waals surface area (Å²) in [6, 6.07) is 15.9. The fraction of sp³-hybridized carbons (Fsp3) is 0.269. The van der Waals surface area contributed by atoms with Gasteiger partial charge in [-0.25, -0.2) is 15.0 Å². The minimum absolute atomic E-state index is 0.144. The Morgan fingerprint density at radius 3 is 2.79 bits per heavy atom. The van der Waals surface area contributed by atoms with Gasteiger partial charge in [0.2, 0.25) is 5.95 Å². The van der Waals surface area contributed by atoms with E-state index in [1.54, 1.807) is 6.20 Å². The van der Waals surface area contributed by atoms with Gasteiger partial charge in [-0.1, -0.05) is 12.1 Å². The van der Waals surface area contributed by atoms with Crippen molar-refractivity contribution in [2.45, 2.75) is 32.4 Å². The molecule has 0 amide bonds. The number of anilines is 3. The van der Waals surface area contributed by atoms with E-state index in [-0.39, 0.29) is 6.10 Å². The van der Waals surface area contributed by atoms with E-state index in [1.165, 1.54) is 0 Å². The maximum atomic E-state index is 6.30. The molecule has 0 unspecified atom stereocenters. The second-order valence-corrected chi connectivity index (χ2v) is 8.46. The Morgan fingerprint density at radius 2 is 2.00 bits per heavy atom. The van der Waals surface area contributed by atoms with Crippen LogP contribution < -0.4 is 15.8 Å². The summed E-state index contributed by atoms with van der Waals surface area (Å²) in [6.07, 6.45) is 7.51. The van der Waals surface area contributed by atoms with Crippen molar-refractivity contribution in [1.29, 1.82) is 0 Å². The number of nitrogens with one attached hydrogen (secondary N) is 1. The topological polar surface area (TPSA) is 100 Å². The molecular formula is C26H28N6O2. The van der Waals surface area contributed by atoms with Crippen LogP contribution in [0.15, 0.2) is 67.3 Å². The van der Waals surface area contributed by atoms with E-state index in [4.69, 9.17) is 20.2 Å². The van der Waals surface area contributed by atoms with E-state index >= 15 is 0 Å². The largest absolute Gasteiger partial charge is 0.488 e. The van der Waals surface area contributed by atoms with E-state index in [9.17, 15) is 0 Å². The molecule has 8 nitrogen and oxygen atoms in total. The highest BCUT2D eigenvalue weighted by molar-refractivity contribution is 5.69. The molecule has 0 aliphatic carbocycles. The molecular weight excluding hydrogens is 428 g/mol. The van der Waals surface area contributed by atoms with Crippen LogP contribution in [0.3, 0.4) is 0 Å². The fourth-order valence-corrected chi connectivity index (χ4v) is 4.01. The summed E-state index contributed by atoms with van der Waals surface area (Å²) in [6.45, 7) is 4.19. The molecule has 1 fully saturated rings. The molecule has 8 heteroatoms. The molecule has 174 valence electrons. The zero-order valence-corrected chi connectivity index (χ0v) is 19.1. The van der Waals surface area contributed by atoms with Gasteiger partial charge in [0.15, 0.2) is 0 Å². The summed E-state index contributed by atoms with van der Waals surface area (Å²) in [4.78, 5) is 13.4. The van der Waals surface area contributed by atoms with Crippen molar-refractivity contribution in [2.75, 3.05) is 24.3 Å². The first kappa shape index (κ1) is 21.9. The van der Waals surface area contributed by atoms with E-state index in [1.807, 2.05) is 55.8 Å². The van der Waals surface area contributed by atoms with E-state index in [2.05, 4.69) is 32.0 Å². The standard InChI is InChI=1S/C26H28N6O2/c1-18-15-32(17-29-18)16-19-3-2-4-21(13-19)30-26-28-10-7-24(31-26)20-5-6-25(23(27)14-20)34-22-8-11-33-12-9-22/h2-7,10,13-15,17,22H,8-9,11-12,16,27H2,1H3,(H,28,30,31). The van der Waals surface area contributed by atoms with Gasteiger partial charge in [-0.2, -0.15) is 0 Å². The van der Waals surface area contributed by atoms with Gasteiger partial charge in [-0.15, -0.1) is 0 Å². The van der Waals surface area contributed by atoms with Crippen molar-refractivity contribution in [3.8, 4) is 17.0 Å². The highest BCUT2D eigenvalue weighted by Crippen LogP contribution is 2.30. The van der Waals surface area contributed by atoms with Crippen molar-refractivity contribution in [3.05, 3.63) is 78.5 Å². The zero-order valence-electron chi connectivity index (χ0n) is 19.1. The van der Waals surface area contributed by atoms with Gasteiger partial charge in [0, 0.05) is 43.0 Å². The molecule has 0 spiro atoms. The summed E-state index contributed by atoms with van der Waals surface area (Å²) in [5.41, 5.74) is 11.7. The molecule has 5 rings (SSSR count). The van der Waals surface area contributed by atoms with Gasteiger partial charge in [0.25, 0.3) is 0 Å². The molecule has 2 aromatic heterocycles. The monoisotopic (exact) mass is 456 g/mol. The lowest BCUT2D eigenvalue weighted by atomic mass is 10.1. The number of nitrogen functional groups attached to an aromatic ring is 1. The summed E-state index contributed by atoms with van der Waals surface area (Å²) in [5.74, 6) is 1.22. The summed E-state index contributed by atoms with van der Waals surface area (Å²) < 4.78 is 13.5. The summed E-state index contributed by atoms with van der Waals surface area (Å²) >= 11 is 0. The minimum Gasteiger partial charge on any atom is -0.488 e. The molecule has 4 aromatic rings. The van der Waals surface area contributed by atoms with Crippen molar-refractivity contribution < 1.29 is 9.47 Å². The van der Waals surface area contributed by atoms with E-state index in [0.29, 0.717) is 17.4 Å². The predicted octanol–water partition coefficient (Wildman–Crippen LogP) is 4.58. The molecule has 0 saturated carbocycles. The summed E-state index contributed by atoms with van der Waals surface area (Å²) in [5, 5.41) is 3.31. The number of hydrogen-bond acceptors (Lipinski definition) is 7. The highest BCUT2D eigenvalue weighted by Gasteiger charge is 2.17. The Morgan fingerprint density at radius 1 is 1.12 bits per heavy atom. The Labute approximate surface area is 198 Å². The number of benzene rings is 2. The Balaban J connectivity index is 1.29. The maximum absolute atomic E-state index is 6.30. The average Bonchev–Trinajstić information content (AvgIpc) is 3.26. The maximum Gasteiger partial charge on any atom is 0.227 e. The van der Waals surface area contributed by atoms with Gasteiger partial charge >= 0.3 is 0 Å². The number of aryl methyl sites for hydroxylation is 1. The van der Waals surface area contributed by atoms with Crippen molar-refractivity contribution in [2.24, 2.45) is 0 Å². The first-order valence-corrected chi connectivity index (χ1v) is 11.4. The third-order valence-corrected chi connectivity index (χ3v) is 5.73. The molecule has 3 heterocycles. The fourth-order valence-electron chi connectivity index (χ4n) is 4.01. The first-order chi connectivity index (χ1) is 16.6. The van der Waals surface area contributed by atoms with Crippen LogP contribution in [0.2, 0.25) is 0 Å². The normalized spacial score (nSPS) is 14.1. The molecule has 1 aliphatic heterocycles. The molecule has 1 saturated heterocycles. The second kappa shape index (κ2) is 9.93. The molecule has 34 heavy (non-hydrogen) atoms. The highest BCUT2D eigenvalue weighted by atomic mass is 16.5. The first-order valence-electron chi connectivity index (χ1n) is 11.4. The van der Waals surface area contributed by atoms with Crippen LogP contribution in [0.4, 0.5) is 17.3 Å². The third kappa shape index (κ3) is 5.35. The lowest BCUT2D eigenvalue weighted by molar-refractivity contribution is 0.0259. The number of hydrogen-bond donors (Lipinski definition) is 2. The zero-order chi connectivity index (χ0) is 23.3. The summed E-state index contributed by atoms with van der Waals surface area (Å²) in [7, 11) is 0. The average molecular weight is 457 g/mol. The molecule has 1 aliphatic rings. The molecule has 0 atom stereocenters. The van der Waals surface area contributed by atoms with Crippen molar-refractivity contribution in [3.63, 3.8) is 0 Å². The van der Waals surface area contributed by atoms with E-state index in [0.717, 1.165) is 60.8 Å². The van der Waals surface area contributed by atoms with Crippen LogP contribution in [-0.4, -0.2) is 38.8 Å². The lowest BCUT2D eigenvalue weighted by Crippen LogP contribution is -2.26. The number of imidazole rings is 1. The van der Waals surface area contributed by atoms with Crippen LogP contribution in [0, 0.1) is 6.92 Å². The molecule has 0 radical (unpaired) electrons. The number of ether oxygens (including phenoxy) is 2. The third-order valence-electron chi connectivity index (χ3n) is 5.73. The second-order valence-electron chi connectivity index (χ2n) is 8.46. The lowest BCUT2D eigenvalue weighted by Gasteiger charge is -2.24. The minimum atomic E-state index is 0.144. The number of nitrogens with two attached hydrogens (primary N) is 1. The molecule has 2 aromatic carbocycles. The van der Waals surface area contributed by atoms with Crippen LogP contribution in [0.25, 0.3) is 11.3 Å².